The quantitative estimate of drug-likeness (QED) is 0.895. The molecule has 0 atom stereocenters. The second-order valence-corrected chi connectivity index (χ2v) is 5.73. The van der Waals surface area contributed by atoms with Gasteiger partial charge in [-0.15, -0.1) is 0 Å². The van der Waals surface area contributed by atoms with Gasteiger partial charge in [-0.2, -0.15) is 0 Å². The Morgan fingerprint density at radius 3 is 2.60 bits per heavy atom. The SMILES string of the molecule is CCNCc1cc(Br)cnc1N(C)c1ccc(C)cc1. The molecule has 106 valence electrons. The molecule has 0 aliphatic rings. The van der Waals surface area contributed by atoms with Crippen LogP contribution < -0.4 is 10.2 Å². The van der Waals surface area contributed by atoms with E-state index < -0.39 is 0 Å². The zero-order valence-corrected chi connectivity index (χ0v) is 13.7. The van der Waals surface area contributed by atoms with Crippen LogP contribution in [0.4, 0.5) is 11.5 Å². The Balaban J connectivity index is 2.32. The molecule has 0 unspecified atom stereocenters. The molecule has 0 saturated heterocycles. The molecule has 0 aliphatic carbocycles. The molecular formula is C16H20BrN3. The lowest BCUT2D eigenvalue weighted by Crippen LogP contribution is -2.18. The monoisotopic (exact) mass is 333 g/mol. The Kier molecular flexibility index (Phi) is 5.15. The van der Waals surface area contributed by atoms with E-state index in [2.05, 4.69) is 82.4 Å². The number of anilines is 2. The minimum Gasteiger partial charge on any atom is -0.329 e. The van der Waals surface area contributed by atoms with E-state index in [9.17, 15) is 0 Å². The van der Waals surface area contributed by atoms with Gasteiger partial charge in [0.2, 0.25) is 0 Å². The summed E-state index contributed by atoms with van der Waals surface area (Å²) in [5.74, 6) is 0.984. The minimum atomic E-state index is 0.814. The number of halogens is 1. The van der Waals surface area contributed by atoms with Crippen LogP contribution in [0.15, 0.2) is 41.0 Å². The van der Waals surface area contributed by atoms with Crippen molar-refractivity contribution in [3.8, 4) is 0 Å². The first kappa shape index (κ1) is 15.0. The summed E-state index contributed by atoms with van der Waals surface area (Å²) in [5.41, 5.74) is 3.59. The van der Waals surface area contributed by atoms with Crippen LogP contribution in [0.1, 0.15) is 18.1 Å². The minimum absolute atomic E-state index is 0.814. The van der Waals surface area contributed by atoms with Gasteiger partial charge in [-0.25, -0.2) is 4.98 Å². The number of nitrogens with zero attached hydrogens (tertiary/aromatic N) is 2. The summed E-state index contributed by atoms with van der Waals surface area (Å²) < 4.78 is 1.01. The van der Waals surface area contributed by atoms with Crippen molar-refractivity contribution >= 4 is 27.4 Å². The number of aromatic nitrogens is 1. The van der Waals surface area contributed by atoms with E-state index in [1.807, 2.05) is 6.20 Å². The van der Waals surface area contributed by atoms with E-state index in [1.54, 1.807) is 0 Å². The normalized spacial score (nSPS) is 10.6. The fourth-order valence-electron chi connectivity index (χ4n) is 2.06. The first-order valence-electron chi connectivity index (χ1n) is 6.77. The van der Waals surface area contributed by atoms with Crippen molar-refractivity contribution in [3.63, 3.8) is 0 Å². The standard InChI is InChI=1S/C16H20BrN3/c1-4-18-10-13-9-14(17)11-19-16(13)20(3)15-7-5-12(2)6-8-15/h5-9,11,18H,4,10H2,1-3H3. The van der Waals surface area contributed by atoms with E-state index in [-0.39, 0.29) is 0 Å². The van der Waals surface area contributed by atoms with Crippen molar-refractivity contribution in [2.24, 2.45) is 0 Å². The summed E-state index contributed by atoms with van der Waals surface area (Å²) in [7, 11) is 2.05. The molecule has 20 heavy (non-hydrogen) atoms. The average Bonchev–Trinajstić information content (AvgIpc) is 2.45. The van der Waals surface area contributed by atoms with Crippen molar-refractivity contribution in [2.45, 2.75) is 20.4 Å². The molecule has 0 fully saturated rings. The molecule has 1 aromatic heterocycles. The van der Waals surface area contributed by atoms with Crippen LogP contribution in [0.25, 0.3) is 0 Å². The zero-order valence-electron chi connectivity index (χ0n) is 12.2. The first-order chi connectivity index (χ1) is 9.61. The molecule has 0 spiro atoms. The summed E-state index contributed by atoms with van der Waals surface area (Å²) in [6, 6.07) is 10.6. The Bertz CT molecular complexity index is 566. The molecular weight excluding hydrogens is 314 g/mol. The second kappa shape index (κ2) is 6.86. The highest BCUT2D eigenvalue weighted by Crippen LogP contribution is 2.27. The molecule has 0 bridgehead atoms. The zero-order chi connectivity index (χ0) is 14.5. The van der Waals surface area contributed by atoms with E-state index >= 15 is 0 Å². The number of benzene rings is 1. The molecule has 0 aliphatic heterocycles. The second-order valence-electron chi connectivity index (χ2n) is 4.81. The van der Waals surface area contributed by atoms with Crippen molar-refractivity contribution in [1.82, 2.24) is 10.3 Å². The van der Waals surface area contributed by atoms with E-state index in [0.29, 0.717) is 0 Å². The maximum atomic E-state index is 4.57. The van der Waals surface area contributed by atoms with Crippen LogP contribution in [0.5, 0.6) is 0 Å². The molecule has 3 nitrogen and oxygen atoms in total. The number of hydrogen-bond acceptors (Lipinski definition) is 3. The van der Waals surface area contributed by atoms with Gasteiger partial charge in [0.05, 0.1) is 0 Å². The lowest BCUT2D eigenvalue weighted by Gasteiger charge is -2.22. The molecule has 4 heteroatoms. The van der Waals surface area contributed by atoms with Gasteiger partial charge in [-0.3, -0.25) is 0 Å². The van der Waals surface area contributed by atoms with Crippen LogP contribution in [0, 0.1) is 6.92 Å². The summed E-state index contributed by atoms with van der Waals surface area (Å²) in [5, 5.41) is 3.36. The fourth-order valence-corrected chi connectivity index (χ4v) is 2.44. The number of nitrogens with one attached hydrogen (secondary N) is 1. The molecule has 1 N–H and O–H groups in total. The molecule has 1 aromatic carbocycles. The van der Waals surface area contributed by atoms with Crippen molar-refractivity contribution in [2.75, 3.05) is 18.5 Å². The lowest BCUT2D eigenvalue weighted by molar-refractivity contribution is 0.723. The van der Waals surface area contributed by atoms with Gasteiger partial charge >= 0.3 is 0 Å². The van der Waals surface area contributed by atoms with Gasteiger partial charge in [0.25, 0.3) is 0 Å². The highest BCUT2D eigenvalue weighted by Gasteiger charge is 2.11. The van der Waals surface area contributed by atoms with Crippen LogP contribution >= 0.6 is 15.9 Å². The fraction of sp³-hybridized carbons (Fsp3) is 0.312. The molecule has 0 amide bonds. The molecule has 0 saturated carbocycles. The van der Waals surface area contributed by atoms with E-state index in [1.165, 1.54) is 11.1 Å². The van der Waals surface area contributed by atoms with Crippen molar-refractivity contribution < 1.29 is 0 Å². The smallest absolute Gasteiger partial charge is 0.137 e. The van der Waals surface area contributed by atoms with Crippen LogP contribution in [-0.2, 0) is 6.54 Å². The molecule has 1 heterocycles. The molecule has 2 aromatic rings. The predicted molar refractivity (Wildman–Crippen MR) is 88.6 cm³/mol. The average molecular weight is 334 g/mol. The Hall–Kier alpha value is -1.39. The third-order valence-electron chi connectivity index (χ3n) is 3.21. The molecule has 2 rings (SSSR count). The van der Waals surface area contributed by atoms with Crippen LogP contribution in [0.3, 0.4) is 0 Å². The number of aryl methyl sites for hydroxylation is 1. The van der Waals surface area contributed by atoms with Gasteiger partial charge in [-0.05, 0) is 47.6 Å². The van der Waals surface area contributed by atoms with Gasteiger partial charge in [0.1, 0.15) is 5.82 Å². The maximum Gasteiger partial charge on any atom is 0.137 e. The number of pyridine rings is 1. The van der Waals surface area contributed by atoms with E-state index in [0.717, 1.165) is 29.1 Å². The summed E-state index contributed by atoms with van der Waals surface area (Å²) in [4.78, 5) is 6.69. The van der Waals surface area contributed by atoms with Gasteiger partial charge < -0.3 is 10.2 Å². The van der Waals surface area contributed by atoms with E-state index in [4.69, 9.17) is 0 Å². The van der Waals surface area contributed by atoms with Gasteiger partial charge in [-0.1, -0.05) is 24.6 Å². The first-order valence-corrected chi connectivity index (χ1v) is 7.56. The number of hydrogen-bond donors (Lipinski definition) is 1. The maximum absolute atomic E-state index is 4.57. The Morgan fingerprint density at radius 2 is 1.95 bits per heavy atom. The summed E-state index contributed by atoms with van der Waals surface area (Å²) in [6.07, 6.45) is 1.84. The third-order valence-corrected chi connectivity index (χ3v) is 3.65. The largest absolute Gasteiger partial charge is 0.329 e. The van der Waals surface area contributed by atoms with Crippen LogP contribution in [-0.4, -0.2) is 18.6 Å². The van der Waals surface area contributed by atoms with Crippen molar-refractivity contribution in [3.05, 3.63) is 52.1 Å². The Labute approximate surface area is 129 Å². The third kappa shape index (κ3) is 3.58. The highest BCUT2D eigenvalue weighted by molar-refractivity contribution is 9.10. The van der Waals surface area contributed by atoms with Gasteiger partial charge in [0.15, 0.2) is 0 Å². The lowest BCUT2D eigenvalue weighted by atomic mass is 10.2. The predicted octanol–water partition coefficient (Wildman–Crippen LogP) is 4.03. The van der Waals surface area contributed by atoms with Crippen molar-refractivity contribution in [1.29, 1.82) is 0 Å². The van der Waals surface area contributed by atoms with Gasteiger partial charge in [0, 0.05) is 35.5 Å². The highest BCUT2D eigenvalue weighted by atomic mass is 79.9. The molecule has 0 radical (unpaired) electrons. The number of rotatable bonds is 5. The topological polar surface area (TPSA) is 28.2 Å². The Morgan fingerprint density at radius 1 is 1.25 bits per heavy atom. The summed E-state index contributed by atoms with van der Waals surface area (Å²) >= 11 is 3.49. The van der Waals surface area contributed by atoms with Crippen LogP contribution in [0.2, 0.25) is 0 Å². The summed E-state index contributed by atoms with van der Waals surface area (Å²) in [6.45, 7) is 5.96.